The fraction of sp³-hybridized carbons (Fsp3) is 0.576. The van der Waals surface area contributed by atoms with Gasteiger partial charge in [0.25, 0.3) is 0 Å². The highest BCUT2D eigenvalue weighted by Crippen LogP contribution is 2.37. The van der Waals surface area contributed by atoms with Gasteiger partial charge in [0.2, 0.25) is 0 Å². The third kappa shape index (κ3) is 6.62. The molecule has 6 heteroatoms. The number of nitrogens with one attached hydrogen (secondary N) is 2. The van der Waals surface area contributed by atoms with Gasteiger partial charge < -0.3 is 25.0 Å². The molecule has 0 amide bonds. The number of allylic oxidation sites excluding steroid dienone is 4. The summed E-state index contributed by atoms with van der Waals surface area (Å²) in [6, 6.07) is 6.58. The topological polar surface area (TPSA) is 49.0 Å². The van der Waals surface area contributed by atoms with E-state index in [-0.39, 0.29) is 11.5 Å². The maximum atomic E-state index is 6.31. The van der Waals surface area contributed by atoms with Crippen molar-refractivity contribution in [3.63, 3.8) is 0 Å². The van der Waals surface area contributed by atoms with Crippen molar-refractivity contribution in [2.75, 3.05) is 65.3 Å². The summed E-state index contributed by atoms with van der Waals surface area (Å²) in [5, 5.41) is 7.12. The molecule has 0 radical (unpaired) electrons. The Morgan fingerprint density at radius 1 is 1.10 bits per heavy atom. The highest BCUT2D eigenvalue weighted by atomic mass is 16.5. The van der Waals surface area contributed by atoms with E-state index in [9.17, 15) is 0 Å². The van der Waals surface area contributed by atoms with Crippen LogP contribution < -0.4 is 10.6 Å². The van der Waals surface area contributed by atoms with Crippen LogP contribution in [0.5, 0.6) is 0 Å². The van der Waals surface area contributed by atoms with E-state index in [0.29, 0.717) is 6.10 Å². The van der Waals surface area contributed by atoms with E-state index < -0.39 is 0 Å². The van der Waals surface area contributed by atoms with Crippen LogP contribution in [0.1, 0.15) is 56.1 Å². The minimum Gasteiger partial charge on any atom is -0.491 e. The first-order valence-electron chi connectivity index (χ1n) is 15.0. The normalized spacial score (nSPS) is 24.3. The molecule has 0 spiro atoms. The van der Waals surface area contributed by atoms with E-state index in [4.69, 9.17) is 9.47 Å². The van der Waals surface area contributed by atoms with Gasteiger partial charge in [-0.15, -0.1) is 0 Å². The van der Waals surface area contributed by atoms with E-state index in [0.717, 1.165) is 99.0 Å². The smallest absolute Gasteiger partial charge is 0.115 e. The lowest BCUT2D eigenvalue weighted by atomic mass is 9.86. The molecule has 1 saturated carbocycles. The van der Waals surface area contributed by atoms with Crippen molar-refractivity contribution >= 4 is 17.0 Å². The number of ether oxygens (including phenoxy) is 2. The molecule has 5 rings (SSSR count). The molecule has 212 valence electrons. The monoisotopic (exact) mass is 532 g/mol. The first kappa shape index (κ1) is 28.0. The lowest BCUT2D eigenvalue weighted by Gasteiger charge is -2.44. The minimum absolute atomic E-state index is 0.219. The van der Waals surface area contributed by atoms with Gasteiger partial charge in [-0.25, -0.2) is 0 Å². The quantitative estimate of drug-likeness (QED) is 0.414. The summed E-state index contributed by atoms with van der Waals surface area (Å²) in [5.74, 6) is 1.26. The predicted octanol–water partition coefficient (Wildman–Crippen LogP) is 5.52. The molecule has 1 unspecified atom stereocenters. The minimum atomic E-state index is 0.219. The van der Waals surface area contributed by atoms with Crippen LogP contribution in [-0.2, 0) is 9.47 Å². The Labute approximate surface area is 235 Å². The largest absolute Gasteiger partial charge is 0.491 e. The zero-order chi connectivity index (χ0) is 27.2. The molecule has 2 aliphatic heterocycles. The van der Waals surface area contributed by atoms with Crippen LogP contribution in [0.3, 0.4) is 0 Å². The van der Waals surface area contributed by atoms with Crippen molar-refractivity contribution in [3.05, 3.63) is 66.5 Å². The molecular formula is C33H48N4O2. The second kappa shape index (κ2) is 12.8. The lowest BCUT2D eigenvalue weighted by molar-refractivity contribution is -0.0191. The van der Waals surface area contributed by atoms with Crippen molar-refractivity contribution in [1.29, 1.82) is 0 Å². The Balaban J connectivity index is 1.22. The number of benzene rings is 1. The van der Waals surface area contributed by atoms with Gasteiger partial charge in [-0.3, -0.25) is 4.90 Å². The van der Waals surface area contributed by atoms with E-state index in [1.807, 2.05) is 7.05 Å². The first-order valence-corrected chi connectivity index (χ1v) is 15.0. The van der Waals surface area contributed by atoms with Crippen LogP contribution in [0.25, 0.3) is 11.3 Å². The Bertz CT molecular complexity index is 1070. The van der Waals surface area contributed by atoms with Crippen LogP contribution in [-0.4, -0.2) is 81.5 Å². The average Bonchev–Trinajstić information content (AvgIpc) is 3.47. The van der Waals surface area contributed by atoms with Gasteiger partial charge in [0.1, 0.15) is 11.9 Å². The summed E-state index contributed by atoms with van der Waals surface area (Å²) in [6.07, 6.45) is 15.2. The Hall–Kier alpha value is -2.54. The predicted molar refractivity (Wildman–Crippen MR) is 163 cm³/mol. The number of hydrogen-bond acceptors (Lipinski definition) is 6. The second-order valence-corrected chi connectivity index (χ2v) is 11.8. The number of likely N-dealkylation sites (tertiary alicyclic amines) is 1. The third-order valence-electron chi connectivity index (χ3n) is 9.31. The van der Waals surface area contributed by atoms with Gasteiger partial charge in [0.05, 0.1) is 13.2 Å². The van der Waals surface area contributed by atoms with Crippen molar-refractivity contribution in [2.24, 2.45) is 5.92 Å². The highest BCUT2D eigenvalue weighted by Gasteiger charge is 2.40. The molecule has 39 heavy (non-hydrogen) atoms. The number of morpholine rings is 1. The van der Waals surface area contributed by atoms with Gasteiger partial charge in [0, 0.05) is 68.2 Å². The van der Waals surface area contributed by atoms with Gasteiger partial charge in [-0.1, -0.05) is 38.1 Å². The molecule has 1 atom stereocenters. The maximum Gasteiger partial charge on any atom is 0.115 e. The molecule has 2 N–H and O–H groups in total. The van der Waals surface area contributed by atoms with Crippen molar-refractivity contribution < 1.29 is 9.47 Å². The number of piperidine rings is 1. The molecule has 2 aliphatic carbocycles. The average molecular weight is 533 g/mol. The Kier molecular flexibility index (Phi) is 9.16. The fourth-order valence-electron chi connectivity index (χ4n) is 6.71. The summed E-state index contributed by atoms with van der Waals surface area (Å²) in [6.45, 7) is 15.9. The summed E-state index contributed by atoms with van der Waals surface area (Å²) < 4.78 is 11.9. The van der Waals surface area contributed by atoms with Gasteiger partial charge >= 0.3 is 0 Å². The van der Waals surface area contributed by atoms with Crippen LogP contribution in [0.15, 0.2) is 55.3 Å². The number of rotatable bonds is 10. The fourth-order valence-corrected chi connectivity index (χ4v) is 6.71. The summed E-state index contributed by atoms with van der Waals surface area (Å²) in [5.41, 5.74) is 5.71. The van der Waals surface area contributed by atoms with Gasteiger partial charge in [-0.05, 0) is 74.6 Å². The number of nitrogens with zero attached hydrogens (tertiary/aromatic N) is 2. The van der Waals surface area contributed by atoms with Crippen LogP contribution in [0, 0.1) is 5.92 Å². The summed E-state index contributed by atoms with van der Waals surface area (Å²) in [7, 11) is 4.17. The van der Waals surface area contributed by atoms with Gasteiger partial charge in [0.15, 0.2) is 0 Å². The second-order valence-electron chi connectivity index (χ2n) is 11.8. The van der Waals surface area contributed by atoms with Crippen molar-refractivity contribution in [2.45, 2.75) is 56.6 Å². The summed E-state index contributed by atoms with van der Waals surface area (Å²) in [4.78, 5) is 5.04. The zero-order valence-electron chi connectivity index (χ0n) is 24.1. The SMILES string of the molecule is C=C(NCC1(N2CCOCC2)CCCC1)c1ccc(NC)c(C(=C)C2C=CC(OC3CCN(C)CC3)=CC2)c1. The lowest BCUT2D eigenvalue weighted by Crippen LogP contribution is -2.56. The molecule has 3 fully saturated rings. The molecule has 1 aromatic rings. The van der Waals surface area contributed by atoms with Crippen molar-refractivity contribution in [3.8, 4) is 0 Å². The highest BCUT2D eigenvalue weighted by molar-refractivity contribution is 5.80. The molecule has 2 heterocycles. The zero-order valence-corrected chi connectivity index (χ0v) is 24.1. The standard InChI is InChI=1S/C33H48N4O2/c1-25(27-7-10-29(11-8-27)39-30-13-17-36(4)18-14-30)31-23-28(9-12-32(31)34-3)26(2)35-24-33(15-5-6-16-33)37-19-21-38-22-20-37/h7,9-12,23,27,30,34-35H,1-2,5-6,8,13-22,24H2,3-4H3. The molecular weight excluding hydrogens is 484 g/mol. The Morgan fingerprint density at radius 2 is 1.85 bits per heavy atom. The maximum absolute atomic E-state index is 6.31. The molecule has 6 nitrogen and oxygen atoms in total. The molecule has 0 aromatic heterocycles. The number of hydrogen-bond donors (Lipinski definition) is 2. The molecule has 4 aliphatic rings. The molecule has 1 aromatic carbocycles. The van der Waals surface area contributed by atoms with E-state index in [1.54, 1.807) is 0 Å². The number of anilines is 1. The third-order valence-corrected chi connectivity index (χ3v) is 9.31. The first-order chi connectivity index (χ1) is 19.0. The van der Waals surface area contributed by atoms with Crippen LogP contribution in [0.4, 0.5) is 5.69 Å². The molecule has 2 saturated heterocycles. The van der Waals surface area contributed by atoms with Gasteiger partial charge in [-0.2, -0.15) is 0 Å². The van der Waals surface area contributed by atoms with E-state index in [1.165, 1.54) is 25.7 Å². The van der Waals surface area contributed by atoms with Crippen LogP contribution >= 0.6 is 0 Å². The summed E-state index contributed by atoms with van der Waals surface area (Å²) >= 11 is 0. The van der Waals surface area contributed by atoms with E-state index in [2.05, 4.69) is 77.1 Å². The van der Waals surface area contributed by atoms with Crippen molar-refractivity contribution in [1.82, 2.24) is 15.1 Å². The Morgan fingerprint density at radius 3 is 2.51 bits per heavy atom. The van der Waals surface area contributed by atoms with E-state index >= 15 is 0 Å². The molecule has 0 bridgehead atoms. The van der Waals surface area contributed by atoms with Crippen LogP contribution in [0.2, 0.25) is 0 Å².